The average molecular weight is 206 g/mol. The van der Waals surface area contributed by atoms with Gasteiger partial charge in [0.2, 0.25) is 0 Å². The molecule has 0 spiro atoms. The lowest BCUT2D eigenvalue weighted by atomic mass is 10.1. The highest BCUT2D eigenvalue weighted by atomic mass is 19.1. The topological polar surface area (TPSA) is 21.8 Å². The highest BCUT2D eigenvalue weighted by Crippen LogP contribution is 2.38. The van der Waals surface area contributed by atoms with Gasteiger partial charge in [0.15, 0.2) is 0 Å². The standard InChI is InChI=1S/C12H11FO2/c1-2-7-14-8-11-12(15-11)9-3-5-10(13)6-4-9/h1,3-6,11-12H,7-8H2/t11-,12-/m0/s1. The number of benzene rings is 1. The molecule has 0 aromatic heterocycles. The Kier molecular flexibility index (Phi) is 3.00. The summed E-state index contributed by atoms with van der Waals surface area (Å²) in [6, 6.07) is 6.30. The molecule has 0 saturated carbocycles. The number of epoxide rings is 1. The first kappa shape index (κ1) is 10.2. The summed E-state index contributed by atoms with van der Waals surface area (Å²) in [7, 11) is 0. The van der Waals surface area contributed by atoms with Crippen LogP contribution in [-0.4, -0.2) is 19.3 Å². The third kappa shape index (κ3) is 2.56. The van der Waals surface area contributed by atoms with Gasteiger partial charge >= 0.3 is 0 Å². The van der Waals surface area contributed by atoms with Crippen molar-refractivity contribution in [1.82, 2.24) is 0 Å². The van der Waals surface area contributed by atoms with Crippen molar-refractivity contribution in [3.63, 3.8) is 0 Å². The van der Waals surface area contributed by atoms with Crippen LogP contribution in [-0.2, 0) is 9.47 Å². The van der Waals surface area contributed by atoms with Crippen molar-refractivity contribution in [2.24, 2.45) is 0 Å². The fourth-order valence-corrected chi connectivity index (χ4v) is 1.45. The zero-order valence-corrected chi connectivity index (χ0v) is 8.15. The Morgan fingerprint density at radius 1 is 1.40 bits per heavy atom. The van der Waals surface area contributed by atoms with Crippen molar-refractivity contribution in [2.75, 3.05) is 13.2 Å². The van der Waals surface area contributed by atoms with Crippen LogP contribution in [0.4, 0.5) is 4.39 Å². The number of ether oxygens (including phenoxy) is 2. The van der Waals surface area contributed by atoms with Crippen LogP contribution in [0.2, 0.25) is 0 Å². The van der Waals surface area contributed by atoms with E-state index in [9.17, 15) is 4.39 Å². The maximum Gasteiger partial charge on any atom is 0.123 e. The lowest BCUT2D eigenvalue weighted by Crippen LogP contribution is -2.02. The second-order valence-electron chi connectivity index (χ2n) is 3.37. The summed E-state index contributed by atoms with van der Waals surface area (Å²) in [5.41, 5.74) is 0.978. The molecule has 1 aromatic rings. The molecule has 78 valence electrons. The molecule has 2 nitrogen and oxygen atoms in total. The average Bonchev–Trinajstić information content (AvgIpc) is 2.99. The van der Waals surface area contributed by atoms with Gasteiger partial charge in [0.25, 0.3) is 0 Å². The molecule has 0 N–H and O–H groups in total. The van der Waals surface area contributed by atoms with Crippen molar-refractivity contribution in [1.29, 1.82) is 0 Å². The molecule has 3 heteroatoms. The molecule has 15 heavy (non-hydrogen) atoms. The molecule has 1 aliphatic rings. The third-order valence-electron chi connectivity index (χ3n) is 2.25. The molecule has 1 heterocycles. The summed E-state index contributed by atoms with van der Waals surface area (Å²) in [6.07, 6.45) is 5.13. The van der Waals surface area contributed by atoms with Gasteiger partial charge in [-0.05, 0) is 17.7 Å². The van der Waals surface area contributed by atoms with Gasteiger partial charge in [0.1, 0.15) is 24.6 Å². The van der Waals surface area contributed by atoms with E-state index in [1.165, 1.54) is 12.1 Å². The van der Waals surface area contributed by atoms with E-state index in [1.807, 2.05) is 0 Å². The van der Waals surface area contributed by atoms with Gasteiger partial charge < -0.3 is 9.47 Å². The number of hydrogen-bond acceptors (Lipinski definition) is 2. The molecule has 1 aromatic carbocycles. The van der Waals surface area contributed by atoms with Gasteiger partial charge in [0, 0.05) is 0 Å². The van der Waals surface area contributed by atoms with Crippen LogP contribution in [0, 0.1) is 18.2 Å². The minimum absolute atomic E-state index is 0.0309. The molecular weight excluding hydrogens is 195 g/mol. The van der Waals surface area contributed by atoms with E-state index in [0.29, 0.717) is 13.2 Å². The minimum Gasteiger partial charge on any atom is -0.366 e. The van der Waals surface area contributed by atoms with E-state index >= 15 is 0 Å². The molecule has 0 aliphatic carbocycles. The SMILES string of the molecule is C#CCOC[C@@H]1O[C@H]1c1ccc(F)cc1. The van der Waals surface area contributed by atoms with Crippen molar-refractivity contribution in [3.05, 3.63) is 35.6 Å². The fraction of sp³-hybridized carbons (Fsp3) is 0.333. The summed E-state index contributed by atoms with van der Waals surface area (Å²) < 4.78 is 23.1. The summed E-state index contributed by atoms with van der Waals surface area (Å²) in [4.78, 5) is 0. The molecule has 1 aliphatic heterocycles. The number of hydrogen-bond donors (Lipinski definition) is 0. The highest BCUT2D eigenvalue weighted by molar-refractivity contribution is 5.23. The summed E-state index contributed by atoms with van der Waals surface area (Å²) in [6.45, 7) is 0.794. The Balaban J connectivity index is 1.83. The van der Waals surface area contributed by atoms with Crippen molar-refractivity contribution >= 4 is 0 Å². The Bertz CT molecular complexity index is 366. The molecular formula is C12H11FO2. The van der Waals surface area contributed by atoms with Crippen LogP contribution in [0.5, 0.6) is 0 Å². The van der Waals surface area contributed by atoms with Crippen LogP contribution in [0.15, 0.2) is 24.3 Å². The summed E-state index contributed by atoms with van der Waals surface area (Å²) in [5.74, 6) is 2.15. The monoisotopic (exact) mass is 206 g/mol. The van der Waals surface area contributed by atoms with Gasteiger partial charge in [-0.1, -0.05) is 18.1 Å². The lowest BCUT2D eigenvalue weighted by molar-refractivity contribution is 0.145. The van der Waals surface area contributed by atoms with Gasteiger partial charge in [0.05, 0.1) is 6.61 Å². The molecule has 0 unspecified atom stereocenters. The largest absolute Gasteiger partial charge is 0.366 e. The first-order chi connectivity index (χ1) is 7.31. The fourth-order valence-electron chi connectivity index (χ4n) is 1.45. The van der Waals surface area contributed by atoms with E-state index in [2.05, 4.69) is 5.92 Å². The number of rotatable bonds is 4. The number of halogens is 1. The predicted octanol–water partition coefficient (Wildman–Crippen LogP) is 1.92. The lowest BCUT2D eigenvalue weighted by Gasteiger charge is -1.96. The Hall–Kier alpha value is -1.37. The van der Waals surface area contributed by atoms with E-state index in [1.54, 1.807) is 12.1 Å². The first-order valence-electron chi connectivity index (χ1n) is 4.73. The molecule has 2 rings (SSSR count). The Morgan fingerprint density at radius 2 is 2.13 bits per heavy atom. The van der Waals surface area contributed by atoms with Gasteiger partial charge in [-0.25, -0.2) is 4.39 Å². The smallest absolute Gasteiger partial charge is 0.123 e. The number of terminal acetylenes is 1. The summed E-state index contributed by atoms with van der Waals surface area (Å²) in [5, 5.41) is 0. The molecule has 1 saturated heterocycles. The zero-order valence-electron chi connectivity index (χ0n) is 8.15. The quantitative estimate of drug-likeness (QED) is 0.426. The molecule has 1 fully saturated rings. The van der Waals surface area contributed by atoms with Gasteiger partial charge in [-0.3, -0.25) is 0 Å². The second-order valence-corrected chi connectivity index (χ2v) is 3.37. The normalized spacial score (nSPS) is 23.5. The minimum atomic E-state index is -0.237. The van der Waals surface area contributed by atoms with Gasteiger partial charge in [-0.2, -0.15) is 0 Å². The Morgan fingerprint density at radius 3 is 2.80 bits per heavy atom. The maximum atomic E-state index is 12.6. The van der Waals surface area contributed by atoms with Crippen LogP contribution >= 0.6 is 0 Å². The predicted molar refractivity (Wildman–Crippen MR) is 53.7 cm³/mol. The van der Waals surface area contributed by atoms with Crippen molar-refractivity contribution in [2.45, 2.75) is 12.2 Å². The van der Waals surface area contributed by atoms with Crippen LogP contribution in [0.3, 0.4) is 0 Å². The maximum absolute atomic E-state index is 12.6. The van der Waals surface area contributed by atoms with Crippen molar-refractivity contribution in [3.8, 4) is 12.3 Å². The van der Waals surface area contributed by atoms with E-state index in [4.69, 9.17) is 15.9 Å². The summed E-state index contributed by atoms with van der Waals surface area (Å²) >= 11 is 0. The van der Waals surface area contributed by atoms with Crippen molar-refractivity contribution < 1.29 is 13.9 Å². The van der Waals surface area contributed by atoms with Crippen LogP contribution in [0.25, 0.3) is 0 Å². The molecule has 2 atom stereocenters. The van der Waals surface area contributed by atoms with Crippen LogP contribution in [0.1, 0.15) is 11.7 Å². The van der Waals surface area contributed by atoms with E-state index < -0.39 is 0 Å². The van der Waals surface area contributed by atoms with Gasteiger partial charge in [-0.15, -0.1) is 6.42 Å². The Labute approximate surface area is 88.0 Å². The first-order valence-corrected chi connectivity index (χ1v) is 4.73. The van der Waals surface area contributed by atoms with E-state index in [0.717, 1.165) is 5.56 Å². The zero-order chi connectivity index (χ0) is 10.7. The van der Waals surface area contributed by atoms with E-state index in [-0.39, 0.29) is 18.0 Å². The highest BCUT2D eigenvalue weighted by Gasteiger charge is 2.40. The molecule has 0 amide bonds. The third-order valence-corrected chi connectivity index (χ3v) is 2.25. The second kappa shape index (κ2) is 4.43. The van der Waals surface area contributed by atoms with Crippen LogP contribution < -0.4 is 0 Å². The molecule has 0 radical (unpaired) electrons. The molecule has 0 bridgehead atoms.